The molecule has 0 radical (unpaired) electrons. The van der Waals surface area contributed by atoms with E-state index >= 15 is 0 Å². The van der Waals surface area contributed by atoms with E-state index in [-0.39, 0.29) is 5.91 Å². The molecule has 138 valence electrons. The Morgan fingerprint density at radius 3 is 2.69 bits per heavy atom. The molecule has 1 aliphatic carbocycles. The number of amides is 1. The quantitative estimate of drug-likeness (QED) is 0.633. The zero-order valence-electron chi connectivity index (χ0n) is 15.0. The molecule has 1 heterocycles. The highest BCUT2D eigenvalue weighted by Gasteiger charge is 2.25. The molecular weight excluding hydrogens is 350 g/mol. The van der Waals surface area contributed by atoms with Crippen molar-refractivity contribution < 1.29 is 9.53 Å². The maximum absolute atomic E-state index is 11.4. The molecule has 1 aromatic rings. The van der Waals surface area contributed by atoms with Gasteiger partial charge >= 0.3 is 0 Å². The highest BCUT2D eigenvalue weighted by atomic mass is 35.5. The van der Waals surface area contributed by atoms with Gasteiger partial charge in [0.15, 0.2) is 0 Å². The molecule has 0 atom stereocenters. The van der Waals surface area contributed by atoms with Gasteiger partial charge in [-0.2, -0.15) is 5.10 Å². The summed E-state index contributed by atoms with van der Waals surface area (Å²) in [6.07, 6.45) is 6.30. The van der Waals surface area contributed by atoms with Crippen LogP contribution in [-0.4, -0.2) is 43.3 Å². The molecule has 0 saturated carbocycles. The van der Waals surface area contributed by atoms with Gasteiger partial charge in [-0.15, -0.1) is 0 Å². The Morgan fingerprint density at radius 2 is 2.00 bits per heavy atom. The first kappa shape index (κ1) is 18.7. The van der Waals surface area contributed by atoms with Gasteiger partial charge < -0.3 is 9.64 Å². The van der Waals surface area contributed by atoms with Gasteiger partial charge in [-0.25, -0.2) is 5.43 Å². The molecule has 1 N–H and O–H groups in total. The van der Waals surface area contributed by atoms with Crippen LogP contribution >= 0.6 is 11.6 Å². The van der Waals surface area contributed by atoms with E-state index in [0.29, 0.717) is 6.42 Å². The van der Waals surface area contributed by atoms with Crippen LogP contribution in [0.1, 0.15) is 31.7 Å². The number of benzene rings is 1. The van der Waals surface area contributed by atoms with Gasteiger partial charge in [0, 0.05) is 30.2 Å². The summed E-state index contributed by atoms with van der Waals surface area (Å²) in [6, 6.07) is 7.87. The summed E-state index contributed by atoms with van der Waals surface area (Å²) in [5.41, 5.74) is 7.37. The Kier molecular flexibility index (Phi) is 6.47. The molecule has 2 aliphatic rings. The average molecular weight is 374 g/mol. The second-order valence-electron chi connectivity index (χ2n) is 6.34. The van der Waals surface area contributed by atoms with Crippen molar-refractivity contribution >= 4 is 29.8 Å². The number of hydrogen-bond acceptors (Lipinski definition) is 4. The largest absolute Gasteiger partial charge is 0.378 e. The molecule has 6 heteroatoms. The number of halogens is 1. The lowest BCUT2D eigenvalue weighted by Crippen LogP contribution is -2.36. The van der Waals surface area contributed by atoms with Crippen molar-refractivity contribution in [3.63, 3.8) is 0 Å². The van der Waals surface area contributed by atoms with Crippen LogP contribution in [0.5, 0.6) is 0 Å². The fraction of sp³-hybridized carbons (Fsp3) is 0.400. The van der Waals surface area contributed by atoms with Crippen LogP contribution in [-0.2, 0) is 9.53 Å². The predicted molar refractivity (Wildman–Crippen MR) is 105 cm³/mol. The molecule has 5 nitrogen and oxygen atoms in total. The number of nitrogens with zero attached hydrogens (tertiary/aromatic N) is 2. The first-order valence-electron chi connectivity index (χ1n) is 9.01. The topological polar surface area (TPSA) is 53.9 Å². The van der Waals surface area contributed by atoms with Crippen molar-refractivity contribution in [2.75, 3.05) is 26.3 Å². The Labute approximate surface area is 159 Å². The number of carbonyl (C=O) groups excluding carboxylic acids is 1. The SMILES string of the molecule is CCC(=O)NN=CC1=C(N2CCOCC2)C(=Cc2ccc(Cl)cc2)CC1. The van der Waals surface area contributed by atoms with Crippen molar-refractivity contribution in [1.29, 1.82) is 0 Å². The van der Waals surface area contributed by atoms with Gasteiger partial charge in [0.2, 0.25) is 5.91 Å². The number of nitrogens with one attached hydrogen (secondary N) is 1. The summed E-state index contributed by atoms with van der Waals surface area (Å²) < 4.78 is 5.50. The van der Waals surface area contributed by atoms with Crippen LogP contribution in [0.3, 0.4) is 0 Å². The lowest BCUT2D eigenvalue weighted by molar-refractivity contribution is -0.120. The van der Waals surface area contributed by atoms with Gasteiger partial charge in [-0.1, -0.05) is 30.7 Å². The number of hydrazone groups is 1. The number of rotatable bonds is 5. The van der Waals surface area contributed by atoms with Crippen molar-refractivity contribution in [2.24, 2.45) is 5.10 Å². The fourth-order valence-corrected chi connectivity index (χ4v) is 3.32. The molecule has 1 aromatic carbocycles. The third kappa shape index (κ3) is 4.74. The molecule has 0 aromatic heterocycles. The molecular formula is C20H24ClN3O2. The highest BCUT2D eigenvalue weighted by Crippen LogP contribution is 2.35. The minimum atomic E-state index is -0.0790. The molecule has 0 unspecified atom stereocenters. The molecule has 1 aliphatic heterocycles. The monoisotopic (exact) mass is 373 g/mol. The van der Waals surface area contributed by atoms with Crippen LogP contribution in [0.2, 0.25) is 5.02 Å². The number of carbonyl (C=O) groups is 1. The molecule has 1 fully saturated rings. The van der Waals surface area contributed by atoms with E-state index in [4.69, 9.17) is 16.3 Å². The normalized spacial score (nSPS) is 19.6. The fourth-order valence-electron chi connectivity index (χ4n) is 3.19. The second-order valence-corrected chi connectivity index (χ2v) is 6.78. The Hall–Kier alpha value is -2.11. The lowest BCUT2D eigenvalue weighted by atomic mass is 10.1. The van der Waals surface area contributed by atoms with Crippen molar-refractivity contribution in [2.45, 2.75) is 26.2 Å². The summed E-state index contributed by atoms with van der Waals surface area (Å²) in [5, 5.41) is 4.88. The molecule has 26 heavy (non-hydrogen) atoms. The van der Waals surface area contributed by atoms with Crippen LogP contribution in [0.4, 0.5) is 0 Å². The number of allylic oxidation sites excluding steroid dienone is 2. The van der Waals surface area contributed by atoms with Crippen LogP contribution in [0, 0.1) is 0 Å². The highest BCUT2D eigenvalue weighted by molar-refractivity contribution is 6.30. The standard InChI is InChI=1S/C20H24ClN3O2/c1-2-19(25)23-22-14-17-6-5-16(13-15-3-7-18(21)8-4-15)20(17)24-9-11-26-12-10-24/h3-4,7-8,13-14H,2,5-6,9-12H2,1H3,(H,23,25). The second kappa shape index (κ2) is 9.01. The summed E-state index contributed by atoms with van der Waals surface area (Å²) >= 11 is 5.99. The summed E-state index contributed by atoms with van der Waals surface area (Å²) in [7, 11) is 0. The zero-order valence-corrected chi connectivity index (χ0v) is 15.8. The van der Waals surface area contributed by atoms with Gasteiger partial charge in [0.25, 0.3) is 0 Å². The molecule has 0 spiro atoms. The number of hydrogen-bond donors (Lipinski definition) is 1. The van der Waals surface area contributed by atoms with E-state index in [1.807, 2.05) is 31.2 Å². The van der Waals surface area contributed by atoms with Crippen LogP contribution < -0.4 is 5.43 Å². The van der Waals surface area contributed by atoms with Crippen LogP contribution in [0.25, 0.3) is 6.08 Å². The van der Waals surface area contributed by atoms with Crippen molar-refractivity contribution in [1.82, 2.24) is 10.3 Å². The molecule has 3 rings (SSSR count). The Balaban J connectivity index is 1.88. The van der Waals surface area contributed by atoms with Crippen LogP contribution in [0.15, 0.2) is 46.2 Å². The van der Waals surface area contributed by atoms with E-state index in [1.54, 1.807) is 6.21 Å². The maximum atomic E-state index is 11.4. The van der Waals surface area contributed by atoms with E-state index in [9.17, 15) is 4.79 Å². The van der Waals surface area contributed by atoms with E-state index in [2.05, 4.69) is 21.5 Å². The minimum Gasteiger partial charge on any atom is -0.378 e. The first-order chi connectivity index (χ1) is 12.7. The zero-order chi connectivity index (χ0) is 18.4. The van der Waals surface area contributed by atoms with Gasteiger partial charge in [-0.05, 0) is 47.8 Å². The predicted octanol–water partition coefficient (Wildman–Crippen LogP) is 3.62. The van der Waals surface area contributed by atoms with Gasteiger partial charge in [0.1, 0.15) is 0 Å². The molecule has 1 amide bonds. The Bertz CT molecular complexity index is 732. The average Bonchev–Trinajstić information content (AvgIpc) is 3.06. The summed E-state index contributed by atoms with van der Waals surface area (Å²) in [5.74, 6) is -0.0790. The third-order valence-corrected chi connectivity index (χ3v) is 4.79. The molecule has 1 saturated heterocycles. The van der Waals surface area contributed by atoms with E-state index < -0.39 is 0 Å². The van der Waals surface area contributed by atoms with E-state index in [1.165, 1.54) is 11.3 Å². The maximum Gasteiger partial charge on any atom is 0.239 e. The van der Waals surface area contributed by atoms with Gasteiger partial charge in [-0.3, -0.25) is 4.79 Å². The lowest BCUT2D eigenvalue weighted by Gasteiger charge is -2.31. The minimum absolute atomic E-state index is 0.0790. The third-order valence-electron chi connectivity index (χ3n) is 4.54. The smallest absolute Gasteiger partial charge is 0.239 e. The van der Waals surface area contributed by atoms with Gasteiger partial charge in [0.05, 0.1) is 19.4 Å². The summed E-state index contributed by atoms with van der Waals surface area (Å²) in [6.45, 7) is 5.01. The Morgan fingerprint density at radius 1 is 1.27 bits per heavy atom. The summed E-state index contributed by atoms with van der Waals surface area (Å²) in [4.78, 5) is 13.8. The number of morpholine rings is 1. The number of ether oxygens (including phenoxy) is 1. The first-order valence-corrected chi connectivity index (χ1v) is 9.39. The molecule has 0 bridgehead atoms. The van der Waals surface area contributed by atoms with E-state index in [0.717, 1.165) is 55.3 Å². The van der Waals surface area contributed by atoms with Crippen molar-refractivity contribution in [3.8, 4) is 0 Å². The van der Waals surface area contributed by atoms with Crippen molar-refractivity contribution in [3.05, 3.63) is 51.7 Å².